The fraction of sp³-hybridized carbons (Fsp3) is 0.643. The van der Waals surface area contributed by atoms with Crippen LogP contribution in [-0.2, 0) is 6.54 Å². The first-order chi connectivity index (χ1) is 7.83. The molecule has 0 bridgehead atoms. The van der Waals surface area contributed by atoms with E-state index >= 15 is 0 Å². The van der Waals surface area contributed by atoms with Crippen molar-refractivity contribution in [3.8, 4) is 0 Å². The second-order valence-corrected chi connectivity index (χ2v) is 5.41. The topological polar surface area (TPSA) is 16.1 Å². The molecule has 1 saturated heterocycles. The summed E-state index contributed by atoms with van der Waals surface area (Å²) in [6, 6.07) is 4.19. The highest BCUT2D eigenvalue weighted by atomic mass is 15.2. The van der Waals surface area contributed by atoms with Gasteiger partial charge in [0.05, 0.1) is 5.69 Å². The van der Waals surface area contributed by atoms with E-state index in [1.165, 1.54) is 43.6 Å². The Bertz CT molecular complexity index is 363. The van der Waals surface area contributed by atoms with Crippen molar-refractivity contribution in [1.29, 1.82) is 0 Å². The highest BCUT2D eigenvalue weighted by Crippen LogP contribution is 2.38. The molecule has 86 valence electrons. The van der Waals surface area contributed by atoms with Crippen molar-refractivity contribution in [3.63, 3.8) is 0 Å². The number of fused-ring (bicyclic) bond motifs is 1. The fourth-order valence-corrected chi connectivity index (χ4v) is 3.36. The minimum absolute atomic E-state index is 0.990. The zero-order valence-corrected chi connectivity index (χ0v) is 10.0. The van der Waals surface area contributed by atoms with Gasteiger partial charge in [0.15, 0.2) is 0 Å². The van der Waals surface area contributed by atoms with Crippen LogP contribution in [0.3, 0.4) is 0 Å². The summed E-state index contributed by atoms with van der Waals surface area (Å²) < 4.78 is 0. The molecular formula is C14H20N2. The Morgan fingerprint density at radius 2 is 2.06 bits per heavy atom. The number of pyridine rings is 1. The van der Waals surface area contributed by atoms with Crippen molar-refractivity contribution < 1.29 is 0 Å². The normalized spacial score (nSPS) is 29.6. The minimum Gasteiger partial charge on any atom is -0.297 e. The van der Waals surface area contributed by atoms with Gasteiger partial charge < -0.3 is 0 Å². The molecule has 2 unspecified atom stereocenters. The van der Waals surface area contributed by atoms with Crippen molar-refractivity contribution in [1.82, 2.24) is 9.88 Å². The second-order valence-electron chi connectivity index (χ2n) is 5.41. The first-order valence-corrected chi connectivity index (χ1v) is 6.46. The van der Waals surface area contributed by atoms with Gasteiger partial charge >= 0.3 is 0 Å². The molecular weight excluding hydrogens is 196 g/mol. The van der Waals surface area contributed by atoms with E-state index in [2.05, 4.69) is 22.9 Å². The maximum absolute atomic E-state index is 4.49. The Kier molecular flexibility index (Phi) is 2.68. The first kappa shape index (κ1) is 10.3. The molecule has 0 amide bonds. The van der Waals surface area contributed by atoms with Crippen molar-refractivity contribution in [2.45, 2.75) is 32.7 Å². The molecule has 0 spiro atoms. The van der Waals surface area contributed by atoms with Crippen LogP contribution in [-0.4, -0.2) is 23.0 Å². The highest BCUT2D eigenvalue weighted by molar-refractivity contribution is 5.17. The molecule has 1 aliphatic carbocycles. The lowest BCUT2D eigenvalue weighted by Crippen LogP contribution is -2.22. The summed E-state index contributed by atoms with van der Waals surface area (Å²) in [5.41, 5.74) is 2.60. The molecule has 0 radical (unpaired) electrons. The van der Waals surface area contributed by atoms with Crippen LogP contribution in [0.2, 0.25) is 0 Å². The molecule has 2 aliphatic rings. The van der Waals surface area contributed by atoms with Crippen LogP contribution in [0.4, 0.5) is 0 Å². The van der Waals surface area contributed by atoms with E-state index in [0.717, 1.165) is 18.4 Å². The van der Waals surface area contributed by atoms with Gasteiger partial charge in [-0.3, -0.25) is 9.88 Å². The summed E-state index contributed by atoms with van der Waals surface area (Å²) >= 11 is 0. The van der Waals surface area contributed by atoms with Crippen LogP contribution in [0.5, 0.6) is 0 Å². The standard InChI is InChI=1S/C14H20N2/c1-11-4-3-7-15-14(11)10-16-8-12-5-2-6-13(12)9-16/h3-4,7,12-13H,2,5-6,8-10H2,1H3. The van der Waals surface area contributed by atoms with Crippen molar-refractivity contribution in [3.05, 3.63) is 29.6 Å². The lowest BCUT2D eigenvalue weighted by molar-refractivity contribution is 0.299. The lowest BCUT2D eigenvalue weighted by atomic mass is 10.0. The van der Waals surface area contributed by atoms with Gasteiger partial charge in [-0.1, -0.05) is 12.5 Å². The number of aromatic nitrogens is 1. The third-order valence-corrected chi connectivity index (χ3v) is 4.29. The molecule has 0 N–H and O–H groups in total. The molecule has 2 atom stereocenters. The van der Waals surface area contributed by atoms with E-state index in [0.29, 0.717) is 0 Å². The van der Waals surface area contributed by atoms with Crippen LogP contribution >= 0.6 is 0 Å². The van der Waals surface area contributed by atoms with Gasteiger partial charge in [-0.25, -0.2) is 0 Å². The third-order valence-electron chi connectivity index (χ3n) is 4.29. The highest BCUT2D eigenvalue weighted by Gasteiger charge is 2.35. The summed E-state index contributed by atoms with van der Waals surface area (Å²) in [5, 5.41) is 0. The monoisotopic (exact) mass is 216 g/mol. The van der Waals surface area contributed by atoms with Gasteiger partial charge in [-0.05, 0) is 43.2 Å². The first-order valence-electron chi connectivity index (χ1n) is 6.46. The molecule has 1 saturated carbocycles. The number of hydrogen-bond donors (Lipinski definition) is 0. The Morgan fingerprint density at radius 3 is 2.75 bits per heavy atom. The fourth-order valence-electron chi connectivity index (χ4n) is 3.36. The largest absolute Gasteiger partial charge is 0.297 e. The molecule has 0 aromatic carbocycles. The predicted molar refractivity (Wildman–Crippen MR) is 65.1 cm³/mol. The molecule has 1 aliphatic heterocycles. The number of rotatable bonds is 2. The second kappa shape index (κ2) is 4.17. The lowest BCUT2D eigenvalue weighted by Gasteiger charge is -2.17. The maximum atomic E-state index is 4.49. The van der Waals surface area contributed by atoms with Crippen LogP contribution in [0.15, 0.2) is 18.3 Å². The molecule has 3 rings (SSSR count). The Morgan fingerprint density at radius 1 is 1.31 bits per heavy atom. The molecule has 2 nitrogen and oxygen atoms in total. The number of nitrogens with zero attached hydrogens (tertiary/aromatic N) is 2. The van der Waals surface area contributed by atoms with Gasteiger partial charge in [-0.2, -0.15) is 0 Å². The summed E-state index contributed by atoms with van der Waals surface area (Å²) in [4.78, 5) is 7.10. The number of aryl methyl sites for hydroxylation is 1. The van der Waals surface area contributed by atoms with Gasteiger partial charge in [0.1, 0.15) is 0 Å². The van der Waals surface area contributed by atoms with E-state index in [1.54, 1.807) is 0 Å². The number of hydrogen-bond acceptors (Lipinski definition) is 2. The van der Waals surface area contributed by atoms with Crippen LogP contribution < -0.4 is 0 Å². The molecule has 1 aromatic rings. The van der Waals surface area contributed by atoms with Crippen molar-refractivity contribution >= 4 is 0 Å². The van der Waals surface area contributed by atoms with Crippen LogP contribution in [0.25, 0.3) is 0 Å². The van der Waals surface area contributed by atoms with Gasteiger partial charge in [0.2, 0.25) is 0 Å². The van der Waals surface area contributed by atoms with Crippen LogP contribution in [0.1, 0.15) is 30.5 Å². The predicted octanol–water partition coefficient (Wildman–Crippen LogP) is 2.62. The molecule has 2 heteroatoms. The summed E-state index contributed by atoms with van der Waals surface area (Å²) in [6.45, 7) is 5.83. The van der Waals surface area contributed by atoms with Crippen molar-refractivity contribution in [2.24, 2.45) is 11.8 Å². The minimum atomic E-state index is 0.990. The van der Waals surface area contributed by atoms with Crippen LogP contribution in [0, 0.1) is 18.8 Å². The van der Waals surface area contributed by atoms with E-state index in [4.69, 9.17) is 0 Å². The van der Waals surface area contributed by atoms with E-state index in [-0.39, 0.29) is 0 Å². The SMILES string of the molecule is Cc1cccnc1CN1CC2CCCC2C1. The summed E-state index contributed by atoms with van der Waals surface area (Å²) in [6.07, 6.45) is 6.30. The molecule has 2 heterocycles. The van der Waals surface area contributed by atoms with Gasteiger partial charge in [-0.15, -0.1) is 0 Å². The van der Waals surface area contributed by atoms with E-state index < -0.39 is 0 Å². The zero-order chi connectivity index (χ0) is 11.0. The van der Waals surface area contributed by atoms with E-state index in [9.17, 15) is 0 Å². The average Bonchev–Trinajstić information content (AvgIpc) is 2.81. The quantitative estimate of drug-likeness (QED) is 0.755. The Labute approximate surface area is 97.7 Å². The summed E-state index contributed by atoms with van der Waals surface area (Å²) in [5.74, 6) is 1.98. The maximum Gasteiger partial charge on any atom is 0.0573 e. The molecule has 1 aromatic heterocycles. The van der Waals surface area contributed by atoms with Crippen molar-refractivity contribution in [2.75, 3.05) is 13.1 Å². The number of likely N-dealkylation sites (tertiary alicyclic amines) is 1. The average molecular weight is 216 g/mol. The van der Waals surface area contributed by atoms with E-state index in [1.807, 2.05) is 12.3 Å². The Balaban J connectivity index is 1.66. The Hall–Kier alpha value is -0.890. The van der Waals surface area contributed by atoms with Gasteiger partial charge in [0.25, 0.3) is 0 Å². The van der Waals surface area contributed by atoms with Gasteiger partial charge in [0, 0.05) is 25.8 Å². The molecule has 2 fully saturated rings. The smallest absolute Gasteiger partial charge is 0.0573 e. The summed E-state index contributed by atoms with van der Waals surface area (Å²) in [7, 11) is 0. The molecule has 16 heavy (non-hydrogen) atoms. The third kappa shape index (κ3) is 1.86. The zero-order valence-electron chi connectivity index (χ0n) is 10.0.